The summed E-state index contributed by atoms with van der Waals surface area (Å²) in [6.45, 7) is 0. The first-order chi connectivity index (χ1) is 7.34. The molecule has 0 atom stereocenters. The number of imidazole rings is 1. The molecule has 0 fully saturated rings. The summed E-state index contributed by atoms with van der Waals surface area (Å²) in [5, 5.41) is 3.04. The van der Waals surface area contributed by atoms with Crippen LogP contribution in [0.1, 0.15) is 0 Å². The minimum Gasteiger partial charge on any atom is -0.334 e. The van der Waals surface area contributed by atoms with Crippen LogP contribution in [0, 0.1) is 0 Å². The molecule has 3 rings (SSSR count). The van der Waals surface area contributed by atoms with Crippen LogP contribution in [0.5, 0.6) is 0 Å². The predicted octanol–water partition coefficient (Wildman–Crippen LogP) is 2.70. The van der Waals surface area contributed by atoms with Gasteiger partial charge in [0.2, 0.25) is 0 Å². The number of benzene rings is 1. The van der Waals surface area contributed by atoms with Gasteiger partial charge in [-0.3, -0.25) is 0 Å². The number of hydrogen-bond acceptors (Lipinski definition) is 3. The third kappa shape index (κ3) is 1.34. The van der Waals surface area contributed by atoms with Crippen molar-refractivity contribution in [1.29, 1.82) is 0 Å². The Balaban J connectivity index is 2.25. The fourth-order valence-electron chi connectivity index (χ4n) is 1.63. The fourth-order valence-corrected chi connectivity index (χ4v) is 2.26. The molecule has 74 valence electrons. The zero-order valence-corrected chi connectivity index (χ0v) is 9.03. The van der Waals surface area contributed by atoms with Crippen molar-refractivity contribution < 1.29 is 0 Å². The molecule has 0 aliphatic rings. The van der Waals surface area contributed by atoms with Crippen LogP contribution >= 0.6 is 11.3 Å². The van der Waals surface area contributed by atoms with E-state index in [4.69, 9.17) is 0 Å². The summed E-state index contributed by atoms with van der Waals surface area (Å²) in [5.74, 6) is 0. The quantitative estimate of drug-likeness (QED) is 0.625. The second-order valence-corrected chi connectivity index (χ2v) is 4.29. The molecular formula is C11H9N3S. The summed E-state index contributed by atoms with van der Waals surface area (Å²) >= 11 is 1.65. The van der Waals surface area contributed by atoms with Crippen molar-refractivity contribution in [1.82, 2.24) is 14.5 Å². The third-order valence-electron chi connectivity index (χ3n) is 2.40. The van der Waals surface area contributed by atoms with Gasteiger partial charge in [-0.05, 0) is 18.2 Å². The number of rotatable bonds is 1. The lowest BCUT2D eigenvalue weighted by atomic mass is 10.2. The minimum absolute atomic E-state index is 1.03. The number of aryl methyl sites for hydroxylation is 1. The molecule has 0 unspecified atom stereocenters. The number of hydrogen-bond donors (Lipinski definition) is 0. The second kappa shape index (κ2) is 3.17. The van der Waals surface area contributed by atoms with Crippen LogP contribution in [0.25, 0.3) is 21.6 Å². The van der Waals surface area contributed by atoms with Gasteiger partial charge >= 0.3 is 0 Å². The SMILES string of the molecule is Cn1cnc2ccc(-c3nccs3)cc21. The van der Waals surface area contributed by atoms with Gasteiger partial charge in [0, 0.05) is 24.2 Å². The first-order valence-electron chi connectivity index (χ1n) is 4.65. The topological polar surface area (TPSA) is 30.7 Å². The number of thiazole rings is 1. The van der Waals surface area contributed by atoms with Gasteiger partial charge in [0.15, 0.2) is 0 Å². The molecule has 0 aliphatic heterocycles. The highest BCUT2D eigenvalue weighted by Crippen LogP contribution is 2.24. The molecule has 3 aromatic rings. The third-order valence-corrected chi connectivity index (χ3v) is 3.23. The van der Waals surface area contributed by atoms with Gasteiger partial charge in [0.25, 0.3) is 0 Å². The molecule has 0 bridgehead atoms. The monoisotopic (exact) mass is 215 g/mol. The summed E-state index contributed by atoms with van der Waals surface area (Å²) < 4.78 is 2.02. The predicted molar refractivity (Wildman–Crippen MR) is 61.8 cm³/mol. The molecule has 15 heavy (non-hydrogen) atoms. The van der Waals surface area contributed by atoms with Crippen molar-refractivity contribution in [2.75, 3.05) is 0 Å². The highest BCUT2D eigenvalue weighted by atomic mass is 32.1. The van der Waals surface area contributed by atoms with Gasteiger partial charge in [-0.1, -0.05) is 0 Å². The molecule has 2 aromatic heterocycles. The van der Waals surface area contributed by atoms with Gasteiger partial charge in [0.1, 0.15) is 5.01 Å². The zero-order chi connectivity index (χ0) is 10.3. The summed E-state index contributed by atoms with van der Waals surface area (Å²) in [6, 6.07) is 6.22. The molecule has 0 radical (unpaired) electrons. The van der Waals surface area contributed by atoms with E-state index in [1.165, 1.54) is 0 Å². The van der Waals surface area contributed by atoms with E-state index in [0.29, 0.717) is 0 Å². The van der Waals surface area contributed by atoms with E-state index in [-0.39, 0.29) is 0 Å². The van der Waals surface area contributed by atoms with Gasteiger partial charge in [-0.15, -0.1) is 11.3 Å². The Hall–Kier alpha value is -1.68. The number of aromatic nitrogens is 3. The van der Waals surface area contributed by atoms with Crippen molar-refractivity contribution in [3.8, 4) is 10.6 Å². The first kappa shape index (κ1) is 8.61. The van der Waals surface area contributed by atoms with E-state index in [0.717, 1.165) is 21.6 Å². The van der Waals surface area contributed by atoms with E-state index in [2.05, 4.69) is 22.1 Å². The molecule has 0 saturated carbocycles. The Morgan fingerprint density at radius 2 is 2.20 bits per heavy atom. The molecule has 0 amide bonds. The van der Waals surface area contributed by atoms with Crippen LogP contribution in [-0.4, -0.2) is 14.5 Å². The van der Waals surface area contributed by atoms with Gasteiger partial charge in [0.05, 0.1) is 17.4 Å². The lowest BCUT2D eigenvalue weighted by molar-refractivity contribution is 0.948. The number of nitrogens with zero attached hydrogens (tertiary/aromatic N) is 3. The Labute approximate surface area is 91.0 Å². The molecule has 4 heteroatoms. The van der Waals surface area contributed by atoms with E-state index < -0.39 is 0 Å². The zero-order valence-electron chi connectivity index (χ0n) is 8.21. The fraction of sp³-hybridized carbons (Fsp3) is 0.0909. The standard InChI is InChI=1S/C11H9N3S/c1-14-7-13-9-3-2-8(6-10(9)14)11-12-4-5-15-11/h2-7H,1H3. The van der Waals surface area contributed by atoms with Crippen molar-refractivity contribution in [3.63, 3.8) is 0 Å². The Morgan fingerprint density at radius 1 is 1.27 bits per heavy atom. The Morgan fingerprint density at radius 3 is 3.00 bits per heavy atom. The molecule has 0 N–H and O–H groups in total. The summed E-state index contributed by atoms with van der Waals surface area (Å²) in [4.78, 5) is 8.58. The van der Waals surface area contributed by atoms with Crippen molar-refractivity contribution in [2.45, 2.75) is 0 Å². The van der Waals surface area contributed by atoms with E-state index in [1.807, 2.05) is 35.6 Å². The highest BCUT2D eigenvalue weighted by Gasteiger charge is 2.04. The molecular weight excluding hydrogens is 206 g/mol. The van der Waals surface area contributed by atoms with E-state index >= 15 is 0 Å². The van der Waals surface area contributed by atoms with Crippen molar-refractivity contribution in [3.05, 3.63) is 36.1 Å². The normalized spacial score (nSPS) is 11.0. The maximum absolute atomic E-state index is 4.30. The molecule has 0 spiro atoms. The van der Waals surface area contributed by atoms with Crippen LogP contribution in [0.3, 0.4) is 0 Å². The molecule has 2 heterocycles. The molecule has 3 nitrogen and oxygen atoms in total. The van der Waals surface area contributed by atoms with Crippen molar-refractivity contribution >= 4 is 22.4 Å². The van der Waals surface area contributed by atoms with Crippen LogP contribution in [0.4, 0.5) is 0 Å². The largest absolute Gasteiger partial charge is 0.334 e. The highest BCUT2D eigenvalue weighted by molar-refractivity contribution is 7.13. The lowest BCUT2D eigenvalue weighted by Gasteiger charge is -1.98. The second-order valence-electron chi connectivity index (χ2n) is 3.40. The molecule has 0 saturated heterocycles. The first-order valence-corrected chi connectivity index (χ1v) is 5.53. The summed E-state index contributed by atoms with van der Waals surface area (Å²) in [5.41, 5.74) is 3.32. The summed E-state index contributed by atoms with van der Waals surface area (Å²) in [7, 11) is 2.00. The van der Waals surface area contributed by atoms with Gasteiger partial charge in [-0.25, -0.2) is 9.97 Å². The maximum atomic E-state index is 4.30. The van der Waals surface area contributed by atoms with Gasteiger partial charge in [-0.2, -0.15) is 0 Å². The lowest BCUT2D eigenvalue weighted by Crippen LogP contribution is -1.84. The molecule has 0 aliphatic carbocycles. The minimum atomic E-state index is 1.03. The summed E-state index contributed by atoms with van der Waals surface area (Å²) in [6.07, 6.45) is 3.66. The van der Waals surface area contributed by atoms with Crippen LogP contribution in [0.15, 0.2) is 36.1 Å². The smallest absolute Gasteiger partial charge is 0.123 e. The molecule has 1 aromatic carbocycles. The number of fused-ring (bicyclic) bond motifs is 1. The van der Waals surface area contributed by atoms with Crippen LogP contribution in [-0.2, 0) is 7.05 Å². The van der Waals surface area contributed by atoms with Crippen LogP contribution in [0.2, 0.25) is 0 Å². The van der Waals surface area contributed by atoms with Crippen LogP contribution < -0.4 is 0 Å². The average Bonchev–Trinajstić information content (AvgIpc) is 2.88. The maximum Gasteiger partial charge on any atom is 0.123 e. The Kier molecular flexibility index (Phi) is 1.82. The van der Waals surface area contributed by atoms with E-state index in [9.17, 15) is 0 Å². The average molecular weight is 215 g/mol. The van der Waals surface area contributed by atoms with E-state index in [1.54, 1.807) is 11.3 Å². The van der Waals surface area contributed by atoms with Gasteiger partial charge < -0.3 is 4.57 Å². The van der Waals surface area contributed by atoms with Crippen molar-refractivity contribution in [2.24, 2.45) is 7.05 Å². The Bertz CT molecular complexity index is 595.